The Labute approximate surface area is 211 Å². The number of ether oxygens (including phenoxy) is 1. The highest BCUT2D eigenvalue weighted by Gasteiger charge is 2.42. The molecule has 0 saturated carbocycles. The Bertz CT molecular complexity index is 759. The van der Waals surface area contributed by atoms with Crippen molar-refractivity contribution in [3.63, 3.8) is 0 Å². The Kier molecular flexibility index (Phi) is 12.0. The van der Waals surface area contributed by atoms with Crippen molar-refractivity contribution in [2.24, 2.45) is 0 Å². The molecule has 0 aliphatic carbocycles. The van der Waals surface area contributed by atoms with Crippen molar-refractivity contribution in [2.45, 2.75) is 115 Å². The summed E-state index contributed by atoms with van der Waals surface area (Å²) in [5.41, 5.74) is -0.732. The number of amides is 3. The Balaban J connectivity index is 2.91. The third kappa shape index (κ3) is 12.2. The number of nitrogens with zero attached hydrogens (tertiary/aromatic N) is 1. The van der Waals surface area contributed by atoms with Crippen LogP contribution in [0.4, 0.5) is 4.79 Å². The van der Waals surface area contributed by atoms with Gasteiger partial charge in [0.05, 0.1) is 0 Å². The van der Waals surface area contributed by atoms with Crippen LogP contribution in [0.15, 0.2) is 12.7 Å². The van der Waals surface area contributed by atoms with Crippen LogP contribution in [0.2, 0.25) is 25.7 Å². The Morgan fingerprint density at radius 2 is 1.83 bits per heavy atom. The van der Waals surface area contributed by atoms with E-state index in [4.69, 9.17) is 4.74 Å². The number of nitrogens with one attached hydrogen (secondary N) is 2. The fourth-order valence-corrected chi connectivity index (χ4v) is 4.90. The van der Waals surface area contributed by atoms with Crippen molar-refractivity contribution >= 4 is 32.0 Å². The first-order valence-electron chi connectivity index (χ1n) is 12.6. The molecule has 1 saturated heterocycles. The second-order valence-corrected chi connectivity index (χ2v) is 17.2. The van der Waals surface area contributed by atoms with Crippen molar-refractivity contribution in [1.82, 2.24) is 15.5 Å². The third-order valence-corrected chi connectivity index (χ3v) is 7.48. The lowest BCUT2D eigenvalue weighted by molar-refractivity contribution is -0.149. The van der Waals surface area contributed by atoms with Gasteiger partial charge < -0.3 is 25.4 Å². The van der Waals surface area contributed by atoms with E-state index in [1.54, 1.807) is 20.8 Å². The zero-order valence-electron chi connectivity index (χ0n) is 22.3. The van der Waals surface area contributed by atoms with Crippen molar-refractivity contribution in [3.8, 4) is 0 Å². The average Bonchev–Trinajstić information content (AvgIpc) is 3.13. The number of carboxylic acid groups (broad SMARTS) is 1. The van der Waals surface area contributed by atoms with Crippen LogP contribution in [-0.4, -0.2) is 72.2 Å². The second kappa shape index (κ2) is 13.7. The normalized spacial score (nSPS) is 19.1. The van der Waals surface area contributed by atoms with Crippen LogP contribution in [0.25, 0.3) is 0 Å². The monoisotopic (exact) mass is 511 g/mol. The van der Waals surface area contributed by atoms with Crippen molar-refractivity contribution in [2.75, 3.05) is 6.54 Å². The van der Waals surface area contributed by atoms with Gasteiger partial charge in [0.15, 0.2) is 0 Å². The minimum absolute atomic E-state index is 0.0947. The van der Waals surface area contributed by atoms with Crippen molar-refractivity contribution in [3.05, 3.63) is 12.7 Å². The average molecular weight is 512 g/mol. The summed E-state index contributed by atoms with van der Waals surface area (Å²) in [6.45, 7) is 15.6. The van der Waals surface area contributed by atoms with Crippen LogP contribution in [-0.2, 0) is 19.1 Å². The number of unbranched alkanes of at least 4 members (excludes halogenated alkanes) is 3. The number of rotatable bonds is 13. The van der Waals surface area contributed by atoms with Crippen molar-refractivity contribution in [1.29, 1.82) is 0 Å². The second-order valence-electron chi connectivity index (χ2n) is 11.5. The predicted octanol–water partition coefficient (Wildman–Crippen LogP) is 3.91. The molecule has 0 radical (unpaired) electrons. The molecule has 0 spiro atoms. The number of carboxylic acids is 1. The number of carbonyl (C=O) groups is 4. The zero-order chi connectivity index (χ0) is 26.8. The van der Waals surface area contributed by atoms with E-state index in [0.29, 0.717) is 19.3 Å². The number of allylic oxidation sites excluding steroid dienone is 1. The van der Waals surface area contributed by atoms with Gasteiger partial charge in [0.2, 0.25) is 11.8 Å². The van der Waals surface area contributed by atoms with Crippen molar-refractivity contribution < 1.29 is 29.0 Å². The fourth-order valence-electron chi connectivity index (χ4n) is 3.93. The highest BCUT2D eigenvalue weighted by atomic mass is 28.3. The van der Waals surface area contributed by atoms with Crippen LogP contribution >= 0.6 is 0 Å². The number of hydrogen-bond acceptors (Lipinski definition) is 5. The summed E-state index contributed by atoms with van der Waals surface area (Å²) in [4.78, 5) is 51.5. The first-order chi connectivity index (χ1) is 16.1. The third-order valence-electron chi connectivity index (χ3n) is 5.73. The molecule has 10 heteroatoms. The Morgan fingerprint density at radius 1 is 1.17 bits per heavy atom. The van der Waals surface area contributed by atoms with E-state index in [9.17, 15) is 24.3 Å². The molecule has 35 heavy (non-hydrogen) atoms. The summed E-state index contributed by atoms with van der Waals surface area (Å²) < 4.78 is 5.32. The molecule has 1 unspecified atom stereocenters. The number of hydrogen-bond donors (Lipinski definition) is 3. The number of aliphatic carboxylic acids is 1. The molecule has 1 rings (SSSR count). The molecule has 3 atom stereocenters. The van der Waals surface area contributed by atoms with Crippen LogP contribution in [0.5, 0.6) is 0 Å². The summed E-state index contributed by atoms with van der Waals surface area (Å²) in [6, 6.07) is -1.57. The first-order valence-corrected chi connectivity index (χ1v) is 16.3. The van der Waals surface area contributed by atoms with Crippen LogP contribution in [0, 0.1) is 0 Å². The predicted molar refractivity (Wildman–Crippen MR) is 139 cm³/mol. The number of likely N-dealkylation sites (tertiary alicyclic amines) is 1. The summed E-state index contributed by atoms with van der Waals surface area (Å²) in [5.74, 6) is -1.72. The minimum Gasteiger partial charge on any atom is -0.480 e. The summed E-state index contributed by atoms with van der Waals surface area (Å²) in [7, 11) is -1.39. The van der Waals surface area contributed by atoms with Gasteiger partial charge in [0.1, 0.15) is 17.7 Å². The van der Waals surface area contributed by atoms with Crippen LogP contribution in [0.1, 0.15) is 65.7 Å². The van der Waals surface area contributed by atoms with Gasteiger partial charge in [0.25, 0.3) is 0 Å². The number of alkyl carbamates (subject to hydrolysis) is 1. The van der Waals surface area contributed by atoms with E-state index >= 15 is 0 Å². The van der Waals surface area contributed by atoms with Gasteiger partial charge >= 0.3 is 12.1 Å². The molecule has 0 aromatic heterocycles. The quantitative estimate of drug-likeness (QED) is 0.196. The van der Waals surface area contributed by atoms with E-state index < -0.39 is 49.8 Å². The van der Waals surface area contributed by atoms with Gasteiger partial charge in [-0.05, 0) is 46.1 Å². The topological polar surface area (TPSA) is 125 Å². The first kappa shape index (κ1) is 30.7. The van der Waals surface area contributed by atoms with E-state index in [1.807, 2.05) is 6.08 Å². The number of carbonyl (C=O) groups excluding carboxylic acids is 3. The molecule has 0 aromatic rings. The molecule has 3 N–H and O–H groups in total. The largest absolute Gasteiger partial charge is 0.480 e. The molecule has 0 bridgehead atoms. The SMILES string of the molecule is C=CCCCCC[C@H](NC(=O)OC(C)(C)C)C(=O)N1C[C@H](NC(=O)CC[Si](C)(C)C)CC1C(=O)O. The molecule has 0 aromatic carbocycles. The van der Waals surface area contributed by atoms with Crippen LogP contribution < -0.4 is 10.6 Å². The maximum atomic E-state index is 13.4. The van der Waals surface area contributed by atoms with E-state index in [1.165, 1.54) is 4.90 Å². The molecule has 200 valence electrons. The van der Waals surface area contributed by atoms with E-state index in [0.717, 1.165) is 25.3 Å². The van der Waals surface area contributed by atoms with E-state index in [-0.39, 0.29) is 18.9 Å². The lowest BCUT2D eigenvalue weighted by atomic mass is 10.1. The summed E-state index contributed by atoms with van der Waals surface area (Å²) in [6.07, 6.45) is 5.33. The lowest BCUT2D eigenvalue weighted by Gasteiger charge is -2.28. The Hall–Kier alpha value is -2.36. The molecular weight excluding hydrogens is 466 g/mol. The lowest BCUT2D eigenvalue weighted by Crippen LogP contribution is -2.52. The maximum absolute atomic E-state index is 13.4. The molecule has 1 aliphatic rings. The van der Waals surface area contributed by atoms with Gasteiger partial charge in [-0.25, -0.2) is 9.59 Å². The standard InChI is InChI=1S/C25H45N3O6Si/c1-8-9-10-11-12-13-19(27-24(33)34-25(2,3)4)22(30)28-17-18(16-20(28)23(31)32)26-21(29)14-15-35(5,6)7/h8,18-20H,1,9-17H2,2-7H3,(H,26,29)(H,27,33)(H,31,32)/t18-,19+,20?/m1/s1. The Morgan fingerprint density at radius 3 is 2.37 bits per heavy atom. The molecule has 1 heterocycles. The highest BCUT2D eigenvalue weighted by molar-refractivity contribution is 6.76. The van der Waals surface area contributed by atoms with Gasteiger partial charge in [-0.15, -0.1) is 6.58 Å². The van der Waals surface area contributed by atoms with Gasteiger partial charge in [-0.2, -0.15) is 0 Å². The van der Waals surface area contributed by atoms with Gasteiger partial charge in [0, 0.05) is 33.5 Å². The maximum Gasteiger partial charge on any atom is 0.408 e. The molecule has 3 amide bonds. The minimum atomic E-state index is -1.39. The van der Waals surface area contributed by atoms with E-state index in [2.05, 4.69) is 36.9 Å². The smallest absolute Gasteiger partial charge is 0.408 e. The van der Waals surface area contributed by atoms with Gasteiger partial charge in [-0.3, -0.25) is 9.59 Å². The molecule has 9 nitrogen and oxygen atoms in total. The molecule has 1 fully saturated rings. The molecule has 1 aliphatic heterocycles. The summed E-state index contributed by atoms with van der Waals surface area (Å²) >= 11 is 0. The van der Waals surface area contributed by atoms with Crippen LogP contribution in [0.3, 0.4) is 0 Å². The zero-order valence-corrected chi connectivity index (χ0v) is 23.3. The van der Waals surface area contributed by atoms with Gasteiger partial charge in [-0.1, -0.05) is 38.6 Å². The fraction of sp³-hybridized carbons (Fsp3) is 0.760. The summed E-state index contributed by atoms with van der Waals surface area (Å²) in [5, 5.41) is 15.3. The molecular formula is C25H45N3O6Si. The highest BCUT2D eigenvalue weighted by Crippen LogP contribution is 2.22.